The molecule has 1 amide bonds. The summed E-state index contributed by atoms with van der Waals surface area (Å²) >= 11 is 0. The minimum absolute atomic E-state index is 0.0509. The monoisotopic (exact) mass is 174 g/mol. The Labute approximate surface area is 76.2 Å². The number of rotatable bonds is 0. The van der Waals surface area contributed by atoms with E-state index in [1.165, 1.54) is 12.8 Å². The lowest BCUT2D eigenvalue weighted by Gasteiger charge is -2.24. The molecule has 1 aliphatic carbocycles. The standard InChI is InChI=1S/C10H10N2O/c13-9-7-1-4-11-5-8(7)10(2-3-10)6-12-9/h1,4-5H,2-3,6H2,(H,12,13). The van der Waals surface area contributed by atoms with Crippen LogP contribution in [0.5, 0.6) is 0 Å². The van der Waals surface area contributed by atoms with Gasteiger partial charge in [-0.15, -0.1) is 0 Å². The number of fused-ring (bicyclic) bond motifs is 2. The van der Waals surface area contributed by atoms with Gasteiger partial charge in [-0.2, -0.15) is 0 Å². The average molecular weight is 174 g/mol. The van der Waals surface area contributed by atoms with Gasteiger partial charge in [0.1, 0.15) is 0 Å². The topological polar surface area (TPSA) is 42.0 Å². The van der Waals surface area contributed by atoms with E-state index in [-0.39, 0.29) is 11.3 Å². The maximum absolute atomic E-state index is 11.5. The lowest BCUT2D eigenvalue weighted by Crippen LogP contribution is -2.39. The molecule has 2 aliphatic rings. The van der Waals surface area contributed by atoms with Crippen LogP contribution in [0.15, 0.2) is 18.5 Å². The van der Waals surface area contributed by atoms with E-state index in [2.05, 4.69) is 10.3 Å². The van der Waals surface area contributed by atoms with Crippen molar-refractivity contribution in [1.82, 2.24) is 10.3 Å². The molecule has 1 aliphatic heterocycles. The number of pyridine rings is 1. The number of hydrogen-bond acceptors (Lipinski definition) is 2. The molecule has 1 fully saturated rings. The zero-order chi connectivity index (χ0) is 8.89. The van der Waals surface area contributed by atoms with Crippen LogP contribution in [0.4, 0.5) is 0 Å². The molecule has 3 rings (SSSR count). The summed E-state index contributed by atoms with van der Waals surface area (Å²) in [6.45, 7) is 0.796. The predicted octanol–water partition coefficient (Wildman–Crippen LogP) is 0.857. The number of nitrogens with one attached hydrogen (secondary N) is 1. The van der Waals surface area contributed by atoms with Crippen molar-refractivity contribution >= 4 is 5.91 Å². The molecule has 0 aromatic carbocycles. The summed E-state index contributed by atoms with van der Waals surface area (Å²) in [5, 5.41) is 2.92. The Kier molecular flexibility index (Phi) is 1.14. The number of hydrogen-bond donors (Lipinski definition) is 1. The quantitative estimate of drug-likeness (QED) is 0.633. The second-order valence-electron chi connectivity index (χ2n) is 3.88. The van der Waals surface area contributed by atoms with E-state index >= 15 is 0 Å². The largest absolute Gasteiger partial charge is 0.351 e. The zero-order valence-electron chi connectivity index (χ0n) is 7.21. The van der Waals surface area contributed by atoms with E-state index in [0.29, 0.717) is 0 Å². The van der Waals surface area contributed by atoms with Gasteiger partial charge < -0.3 is 5.32 Å². The first-order chi connectivity index (χ1) is 6.32. The highest BCUT2D eigenvalue weighted by Crippen LogP contribution is 2.49. The van der Waals surface area contributed by atoms with E-state index in [0.717, 1.165) is 17.7 Å². The number of amides is 1. The molecule has 3 heteroatoms. The Morgan fingerprint density at radius 1 is 1.46 bits per heavy atom. The summed E-state index contributed by atoms with van der Waals surface area (Å²) in [6, 6.07) is 1.81. The molecule has 1 N–H and O–H groups in total. The predicted molar refractivity (Wildman–Crippen MR) is 47.5 cm³/mol. The van der Waals surface area contributed by atoms with Gasteiger partial charge in [0.25, 0.3) is 5.91 Å². The fourth-order valence-electron chi connectivity index (χ4n) is 2.05. The molecular weight excluding hydrogens is 164 g/mol. The first-order valence-electron chi connectivity index (χ1n) is 4.55. The van der Waals surface area contributed by atoms with Gasteiger partial charge in [0.05, 0.1) is 0 Å². The fraction of sp³-hybridized carbons (Fsp3) is 0.400. The van der Waals surface area contributed by atoms with Crippen molar-refractivity contribution in [3.05, 3.63) is 29.6 Å². The molecule has 3 nitrogen and oxygen atoms in total. The number of aromatic nitrogens is 1. The highest BCUT2D eigenvalue weighted by molar-refractivity contribution is 5.97. The third-order valence-corrected chi connectivity index (χ3v) is 3.08. The summed E-state index contributed by atoms with van der Waals surface area (Å²) in [4.78, 5) is 15.6. The van der Waals surface area contributed by atoms with Gasteiger partial charge in [-0.05, 0) is 24.5 Å². The van der Waals surface area contributed by atoms with Crippen LogP contribution < -0.4 is 5.32 Å². The van der Waals surface area contributed by atoms with Crippen molar-refractivity contribution in [3.8, 4) is 0 Å². The average Bonchev–Trinajstić information content (AvgIpc) is 2.94. The first kappa shape index (κ1) is 7.06. The molecule has 1 saturated carbocycles. The van der Waals surface area contributed by atoms with Crippen molar-refractivity contribution < 1.29 is 4.79 Å². The van der Waals surface area contributed by atoms with Gasteiger partial charge in [-0.25, -0.2) is 0 Å². The normalized spacial score (nSPS) is 22.3. The van der Waals surface area contributed by atoms with Crippen molar-refractivity contribution in [1.29, 1.82) is 0 Å². The lowest BCUT2D eigenvalue weighted by molar-refractivity contribution is 0.0937. The van der Waals surface area contributed by atoms with Gasteiger partial charge in [0.15, 0.2) is 0 Å². The first-order valence-corrected chi connectivity index (χ1v) is 4.55. The molecule has 0 unspecified atom stereocenters. The van der Waals surface area contributed by atoms with Crippen LogP contribution in [0.25, 0.3) is 0 Å². The van der Waals surface area contributed by atoms with Crippen LogP contribution in [0.2, 0.25) is 0 Å². The molecule has 0 saturated heterocycles. The lowest BCUT2D eigenvalue weighted by atomic mass is 9.89. The molecule has 2 heterocycles. The summed E-state index contributed by atoms with van der Waals surface area (Å²) in [5.41, 5.74) is 2.22. The van der Waals surface area contributed by atoms with Crippen LogP contribution in [0.3, 0.4) is 0 Å². The van der Waals surface area contributed by atoms with E-state index in [1.807, 2.05) is 12.3 Å². The Balaban J connectivity index is 2.22. The van der Waals surface area contributed by atoms with Crippen LogP contribution in [0, 0.1) is 0 Å². The van der Waals surface area contributed by atoms with Crippen LogP contribution >= 0.6 is 0 Å². The molecule has 0 atom stereocenters. The Morgan fingerprint density at radius 2 is 2.31 bits per heavy atom. The van der Waals surface area contributed by atoms with Gasteiger partial charge >= 0.3 is 0 Å². The fourth-order valence-corrected chi connectivity index (χ4v) is 2.05. The minimum atomic E-state index is 0.0509. The minimum Gasteiger partial charge on any atom is -0.351 e. The van der Waals surface area contributed by atoms with E-state index in [4.69, 9.17) is 0 Å². The van der Waals surface area contributed by atoms with E-state index < -0.39 is 0 Å². The van der Waals surface area contributed by atoms with Crippen molar-refractivity contribution in [3.63, 3.8) is 0 Å². The Hall–Kier alpha value is -1.38. The SMILES string of the molecule is O=C1NCC2(CC2)c2cnccc21. The summed E-state index contributed by atoms with van der Waals surface area (Å²) in [7, 11) is 0. The van der Waals surface area contributed by atoms with Crippen molar-refractivity contribution in [2.24, 2.45) is 0 Å². The molecule has 1 spiro atoms. The van der Waals surface area contributed by atoms with E-state index in [9.17, 15) is 4.79 Å². The van der Waals surface area contributed by atoms with Gasteiger partial charge in [0, 0.05) is 29.9 Å². The smallest absolute Gasteiger partial charge is 0.251 e. The van der Waals surface area contributed by atoms with Crippen molar-refractivity contribution in [2.75, 3.05) is 6.54 Å². The molecule has 0 radical (unpaired) electrons. The molecule has 13 heavy (non-hydrogen) atoms. The number of carbonyl (C=O) groups excluding carboxylic acids is 1. The summed E-state index contributed by atoms with van der Waals surface area (Å²) in [6.07, 6.45) is 5.90. The third-order valence-electron chi connectivity index (χ3n) is 3.08. The third kappa shape index (κ3) is 0.842. The van der Waals surface area contributed by atoms with Gasteiger partial charge in [-0.1, -0.05) is 0 Å². The van der Waals surface area contributed by atoms with Gasteiger partial charge in [0.2, 0.25) is 0 Å². The zero-order valence-corrected chi connectivity index (χ0v) is 7.21. The molecule has 1 aromatic rings. The highest BCUT2D eigenvalue weighted by Gasteiger charge is 2.48. The maximum atomic E-state index is 11.5. The second kappa shape index (κ2) is 2.10. The Bertz CT molecular complexity index is 382. The number of nitrogens with zero attached hydrogens (tertiary/aromatic N) is 1. The van der Waals surface area contributed by atoms with Crippen LogP contribution in [-0.4, -0.2) is 17.4 Å². The van der Waals surface area contributed by atoms with Crippen LogP contribution in [-0.2, 0) is 5.41 Å². The highest BCUT2D eigenvalue weighted by atomic mass is 16.1. The molecule has 1 aromatic heterocycles. The summed E-state index contributed by atoms with van der Waals surface area (Å²) < 4.78 is 0. The maximum Gasteiger partial charge on any atom is 0.251 e. The van der Waals surface area contributed by atoms with E-state index in [1.54, 1.807) is 6.20 Å². The summed E-state index contributed by atoms with van der Waals surface area (Å²) in [5.74, 6) is 0.0509. The van der Waals surface area contributed by atoms with Crippen molar-refractivity contribution in [2.45, 2.75) is 18.3 Å². The Morgan fingerprint density at radius 3 is 3.08 bits per heavy atom. The van der Waals surface area contributed by atoms with Gasteiger partial charge in [-0.3, -0.25) is 9.78 Å². The molecule has 0 bridgehead atoms. The second-order valence-corrected chi connectivity index (χ2v) is 3.88. The van der Waals surface area contributed by atoms with Crippen LogP contribution in [0.1, 0.15) is 28.8 Å². The number of carbonyl (C=O) groups is 1. The molecule has 66 valence electrons. The molecular formula is C10H10N2O.